The summed E-state index contributed by atoms with van der Waals surface area (Å²) >= 11 is 0. The van der Waals surface area contributed by atoms with Crippen molar-refractivity contribution >= 4 is 11.8 Å². The Morgan fingerprint density at radius 3 is 2.53 bits per heavy atom. The minimum Gasteiger partial charge on any atom is -0.354 e. The first-order chi connectivity index (χ1) is 14.5. The molecule has 0 saturated heterocycles. The van der Waals surface area contributed by atoms with Crippen LogP contribution in [0.15, 0.2) is 48.5 Å². The van der Waals surface area contributed by atoms with Crippen molar-refractivity contribution in [3.63, 3.8) is 0 Å². The number of rotatable bonds is 7. The summed E-state index contributed by atoms with van der Waals surface area (Å²) in [5.41, 5.74) is 9.07. The molecule has 2 aliphatic rings. The van der Waals surface area contributed by atoms with Crippen LogP contribution in [0.4, 0.5) is 4.39 Å². The van der Waals surface area contributed by atoms with Gasteiger partial charge in [0.2, 0.25) is 11.8 Å². The van der Waals surface area contributed by atoms with E-state index in [1.807, 2.05) is 23.1 Å². The topological polar surface area (TPSA) is 75.4 Å². The van der Waals surface area contributed by atoms with E-state index in [0.29, 0.717) is 31.5 Å². The molecular formula is C24H28FN3O2. The van der Waals surface area contributed by atoms with Crippen molar-refractivity contribution in [2.24, 2.45) is 11.7 Å². The zero-order chi connectivity index (χ0) is 21.1. The summed E-state index contributed by atoms with van der Waals surface area (Å²) in [6, 6.07) is 14.0. The molecule has 1 aliphatic carbocycles. The molecule has 4 rings (SSSR count). The fourth-order valence-corrected chi connectivity index (χ4v) is 4.13. The molecule has 3 N–H and O–H groups in total. The van der Waals surface area contributed by atoms with Crippen molar-refractivity contribution in [1.82, 2.24) is 10.2 Å². The number of amides is 2. The average Bonchev–Trinajstić information content (AvgIpc) is 3.58. The normalized spacial score (nSPS) is 19.1. The van der Waals surface area contributed by atoms with Crippen LogP contribution >= 0.6 is 0 Å². The van der Waals surface area contributed by atoms with E-state index in [-0.39, 0.29) is 36.0 Å². The first-order valence-electron chi connectivity index (χ1n) is 10.6. The fourth-order valence-electron chi connectivity index (χ4n) is 4.13. The molecule has 0 radical (unpaired) electrons. The Kier molecular flexibility index (Phi) is 6.13. The molecule has 1 aliphatic heterocycles. The summed E-state index contributed by atoms with van der Waals surface area (Å²) in [5.74, 6) is -0.135. The lowest BCUT2D eigenvalue weighted by Gasteiger charge is -2.37. The maximum absolute atomic E-state index is 13.9. The number of hydrogen-bond acceptors (Lipinski definition) is 3. The summed E-state index contributed by atoms with van der Waals surface area (Å²) in [7, 11) is 0. The quantitative estimate of drug-likeness (QED) is 0.738. The third-order valence-corrected chi connectivity index (χ3v) is 6.01. The van der Waals surface area contributed by atoms with Gasteiger partial charge < -0.3 is 16.0 Å². The van der Waals surface area contributed by atoms with Crippen LogP contribution in [0.2, 0.25) is 0 Å². The number of benzene rings is 2. The Labute approximate surface area is 176 Å². The van der Waals surface area contributed by atoms with Gasteiger partial charge >= 0.3 is 0 Å². The minimum absolute atomic E-state index is 0.0565. The molecule has 2 atom stereocenters. The number of nitrogens with one attached hydrogen (secondary N) is 1. The van der Waals surface area contributed by atoms with Crippen LogP contribution in [-0.2, 0) is 29.0 Å². The Morgan fingerprint density at radius 2 is 1.80 bits per heavy atom. The fraction of sp³-hybridized carbons (Fsp3) is 0.417. The van der Waals surface area contributed by atoms with Crippen molar-refractivity contribution in [2.75, 3.05) is 6.54 Å². The molecule has 1 fully saturated rings. The van der Waals surface area contributed by atoms with Gasteiger partial charge in [-0.25, -0.2) is 4.39 Å². The molecule has 6 heteroatoms. The number of hydrogen-bond donors (Lipinski definition) is 2. The molecule has 2 aromatic carbocycles. The summed E-state index contributed by atoms with van der Waals surface area (Å²) in [5, 5.41) is 3.02. The summed E-state index contributed by atoms with van der Waals surface area (Å²) in [6.07, 6.45) is 3.06. The van der Waals surface area contributed by atoms with Gasteiger partial charge in [0.1, 0.15) is 5.82 Å². The lowest BCUT2D eigenvalue weighted by molar-refractivity contribution is -0.135. The van der Waals surface area contributed by atoms with Gasteiger partial charge in [-0.05, 0) is 48.4 Å². The molecule has 30 heavy (non-hydrogen) atoms. The smallest absolute Gasteiger partial charge is 0.224 e. The molecule has 0 bridgehead atoms. The second kappa shape index (κ2) is 8.96. The molecule has 5 nitrogen and oxygen atoms in total. The third kappa shape index (κ3) is 4.87. The van der Waals surface area contributed by atoms with E-state index in [4.69, 9.17) is 5.73 Å². The van der Waals surface area contributed by atoms with Gasteiger partial charge in [-0.2, -0.15) is 0 Å². The van der Waals surface area contributed by atoms with Crippen molar-refractivity contribution in [3.8, 4) is 0 Å². The van der Waals surface area contributed by atoms with Crippen LogP contribution in [0, 0.1) is 11.7 Å². The summed E-state index contributed by atoms with van der Waals surface area (Å²) < 4.78 is 13.9. The van der Waals surface area contributed by atoms with E-state index in [9.17, 15) is 14.0 Å². The number of carbonyl (C=O) groups is 2. The highest BCUT2D eigenvalue weighted by Crippen LogP contribution is 2.29. The van der Waals surface area contributed by atoms with Crippen LogP contribution in [0.3, 0.4) is 0 Å². The molecule has 2 amide bonds. The van der Waals surface area contributed by atoms with Crippen molar-refractivity contribution in [2.45, 2.75) is 50.7 Å². The monoisotopic (exact) mass is 409 g/mol. The average molecular weight is 410 g/mol. The highest BCUT2D eigenvalue weighted by Gasteiger charge is 2.33. The predicted octanol–water partition coefficient (Wildman–Crippen LogP) is 2.57. The first kappa shape index (κ1) is 20.5. The van der Waals surface area contributed by atoms with Gasteiger partial charge in [0.25, 0.3) is 0 Å². The standard InChI is InChI=1S/C24H28FN3O2/c25-22-8-4-3-6-18(22)11-20(26)13-23(29)28-15-19-7-2-1-5-17(19)12-21(28)14-27-24(30)16-9-10-16/h1-8,16,20-21H,9-15,26H2,(H,27,30)/t20-,21+/m1/s1. The van der Waals surface area contributed by atoms with Gasteiger partial charge in [0, 0.05) is 31.5 Å². The number of nitrogens with two attached hydrogens (primary N) is 1. The predicted molar refractivity (Wildman–Crippen MR) is 113 cm³/mol. The lowest BCUT2D eigenvalue weighted by atomic mass is 9.93. The van der Waals surface area contributed by atoms with Crippen LogP contribution in [-0.4, -0.2) is 35.3 Å². The molecular weight excluding hydrogens is 381 g/mol. The van der Waals surface area contributed by atoms with Gasteiger partial charge in [-0.15, -0.1) is 0 Å². The highest BCUT2D eigenvalue weighted by atomic mass is 19.1. The number of carbonyl (C=O) groups excluding carboxylic acids is 2. The van der Waals surface area contributed by atoms with Crippen LogP contribution < -0.4 is 11.1 Å². The SMILES string of the molecule is N[C@@H](CC(=O)N1Cc2ccccc2C[C@H]1CNC(=O)C1CC1)Cc1ccccc1F. The van der Waals surface area contributed by atoms with Crippen LogP contribution in [0.25, 0.3) is 0 Å². The zero-order valence-corrected chi connectivity index (χ0v) is 17.0. The number of fused-ring (bicyclic) bond motifs is 1. The van der Waals surface area contributed by atoms with E-state index in [1.165, 1.54) is 11.6 Å². The molecule has 0 aromatic heterocycles. The van der Waals surface area contributed by atoms with Crippen molar-refractivity contribution in [1.29, 1.82) is 0 Å². The van der Waals surface area contributed by atoms with Gasteiger partial charge in [-0.3, -0.25) is 9.59 Å². The van der Waals surface area contributed by atoms with Gasteiger partial charge in [0.05, 0.1) is 6.04 Å². The number of nitrogens with zero attached hydrogens (tertiary/aromatic N) is 1. The van der Waals surface area contributed by atoms with Gasteiger partial charge in [-0.1, -0.05) is 42.5 Å². The summed E-state index contributed by atoms with van der Waals surface area (Å²) in [4.78, 5) is 27.1. The van der Waals surface area contributed by atoms with Gasteiger partial charge in [0.15, 0.2) is 0 Å². The van der Waals surface area contributed by atoms with Crippen molar-refractivity contribution in [3.05, 3.63) is 71.0 Å². The first-order valence-corrected chi connectivity index (χ1v) is 10.6. The molecule has 1 heterocycles. The summed E-state index contributed by atoms with van der Waals surface area (Å²) in [6.45, 7) is 0.948. The van der Waals surface area contributed by atoms with E-state index < -0.39 is 6.04 Å². The Hall–Kier alpha value is -2.73. The molecule has 0 unspecified atom stereocenters. The number of halogens is 1. The molecule has 1 saturated carbocycles. The second-order valence-electron chi connectivity index (χ2n) is 8.43. The molecule has 158 valence electrons. The second-order valence-corrected chi connectivity index (χ2v) is 8.43. The van der Waals surface area contributed by atoms with E-state index in [2.05, 4.69) is 11.4 Å². The maximum atomic E-state index is 13.9. The Morgan fingerprint density at radius 1 is 1.10 bits per heavy atom. The largest absolute Gasteiger partial charge is 0.354 e. The third-order valence-electron chi connectivity index (χ3n) is 6.01. The highest BCUT2D eigenvalue weighted by molar-refractivity contribution is 5.81. The Bertz CT molecular complexity index is 928. The maximum Gasteiger partial charge on any atom is 0.224 e. The minimum atomic E-state index is -0.465. The van der Waals surface area contributed by atoms with E-state index >= 15 is 0 Å². The zero-order valence-electron chi connectivity index (χ0n) is 17.0. The lowest BCUT2D eigenvalue weighted by Crippen LogP contribution is -2.51. The molecule has 0 spiro atoms. The van der Waals surface area contributed by atoms with Crippen molar-refractivity contribution < 1.29 is 14.0 Å². The Balaban J connectivity index is 1.43. The van der Waals surface area contributed by atoms with E-state index in [1.54, 1.807) is 18.2 Å². The van der Waals surface area contributed by atoms with Crippen LogP contribution in [0.5, 0.6) is 0 Å². The van der Waals surface area contributed by atoms with E-state index in [0.717, 1.165) is 18.4 Å². The molecule has 2 aromatic rings. The van der Waals surface area contributed by atoms with Crippen LogP contribution in [0.1, 0.15) is 36.0 Å².